The first-order chi connectivity index (χ1) is 9.72. The van der Waals surface area contributed by atoms with Crippen LogP contribution in [0.4, 0.5) is 5.69 Å². The van der Waals surface area contributed by atoms with E-state index in [2.05, 4.69) is 10.3 Å². The van der Waals surface area contributed by atoms with E-state index in [1.807, 2.05) is 6.07 Å². The Balaban J connectivity index is 2.15. The van der Waals surface area contributed by atoms with Gasteiger partial charge in [-0.1, -0.05) is 6.07 Å². The van der Waals surface area contributed by atoms with E-state index in [0.29, 0.717) is 28.9 Å². The molecule has 0 aliphatic rings. The summed E-state index contributed by atoms with van der Waals surface area (Å²) in [7, 11) is 0. The maximum absolute atomic E-state index is 12.1. The first-order valence-corrected chi connectivity index (χ1v) is 6.10. The van der Waals surface area contributed by atoms with Gasteiger partial charge in [0.1, 0.15) is 0 Å². The number of nitrogens with zero attached hydrogens (tertiary/aromatic N) is 2. The fourth-order valence-electron chi connectivity index (χ4n) is 1.74. The minimum atomic E-state index is -0.276. The van der Waals surface area contributed by atoms with Crippen molar-refractivity contribution in [2.45, 2.75) is 6.42 Å². The zero-order chi connectivity index (χ0) is 14.4. The molecule has 0 bridgehead atoms. The van der Waals surface area contributed by atoms with Crippen LogP contribution in [0.3, 0.4) is 0 Å². The van der Waals surface area contributed by atoms with Gasteiger partial charge >= 0.3 is 0 Å². The van der Waals surface area contributed by atoms with E-state index in [1.165, 1.54) is 6.20 Å². The Morgan fingerprint density at radius 3 is 2.95 bits per heavy atom. The monoisotopic (exact) mass is 267 g/mol. The van der Waals surface area contributed by atoms with Crippen molar-refractivity contribution in [2.75, 3.05) is 11.9 Å². The van der Waals surface area contributed by atoms with Crippen molar-refractivity contribution < 1.29 is 9.90 Å². The standard InChI is InChI=1S/C15H13N3O2/c16-10-11-2-1-3-14(8-11)18-15(20)12-4-6-17-13(9-12)5-7-19/h1-4,6,8-9,19H,5,7H2,(H,18,20). The average Bonchev–Trinajstić information content (AvgIpc) is 2.48. The second-order valence-electron chi connectivity index (χ2n) is 4.16. The van der Waals surface area contributed by atoms with Crippen LogP contribution in [0.1, 0.15) is 21.6 Å². The van der Waals surface area contributed by atoms with Crippen molar-refractivity contribution >= 4 is 11.6 Å². The van der Waals surface area contributed by atoms with E-state index in [4.69, 9.17) is 10.4 Å². The number of hydrogen-bond donors (Lipinski definition) is 2. The van der Waals surface area contributed by atoms with Gasteiger partial charge < -0.3 is 10.4 Å². The van der Waals surface area contributed by atoms with E-state index < -0.39 is 0 Å². The van der Waals surface area contributed by atoms with E-state index >= 15 is 0 Å². The van der Waals surface area contributed by atoms with Gasteiger partial charge in [-0.05, 0) is 30.3 Å². The van der Waals surface area contributed by atoms with E-state index in [0.717, 1.165) is 0 Å². The molecule has 0 aliphatic carbocycles. The third-order valence-electron chi connectivity index (χ3n) is 2.70. The second kappa shape index (κ2) is 6.45. The first-order valence-electron chi connectivity index (χ1n) is 6.10. The van der Waals surface area contributed by atoms with Crippen LogP contribution in [0.2, 0.25) is 0 Å². The minimum Gasteiger partial charge on any atom is -0.396 e. The van der Waals surface area contributed by atoms with Gasteiger partial charge in [0.25, 0.3) is 5.91 Å². The molecule has 1 heterocycles. The average molecular weight is 267 g/mol. The van der Waals surface area contributed by atoms with Crippen LogP contribution in [0, 0.1) is 11.3 Å². The van der Waals surface area contributed by atoms with Gasteiger partial charge in [0.15, 0.2) is 0 Å². The molecule has 0 saturated heterocycles. The van der Waals surface area contributed by atoms with Crippen molar-refractivity contribution in [3.63, 3.8) is 0 Å². The summed E-state index contributed by atoms with van der Waals surface area (Å²) >= 11 is 0. The van der Waals surface area contributed by atoms with E-state index in [-0.39, 0.29) is 12.5 Å². The van der Waals surface area contributed by atoms with Crippen LogP contribution < -0.4 is 5.32 Å². The first kappa shape index (κ1) is 13.7. The summed E-state index contributed by atoms with van der Waals surface area (Å²) < 4.78 is 0. The zero-order valence-electron chi connectivity index (χ0n) is 10.7. The van der Waals surface area contributed by atoms with Crippen molar-refractivity contribution in [3.05, 3.63) is 59.4 Å². The van der Waals surface area contributed by atoms with Crippen molar-refractivity contribution in [1.82, 2.24) is 4.98 Å². The summed E-state index contributed by atoms with van der Waals surface area (Å²) in [6.45, 7) is -0.0116. The molecule has 5 heteroatoms. The molecule has 1 aromatic heterocycles. The van der Waals surface area contributed by atoms with Crippen LogP contribution in [-0.2, 0) is 6.42 Å². The summed E-state index contributed by atoms with van der Waals surface area (Å²) in [6.07, 6.45) is 1.94. The highest BCUT2D eigenvalue weighted by Crippen LogP contribution is 2.12. The lowest BCUT2D eigenvalue weighted by Gasteiger charge is -2.06. The largest absolute Gasteiger partial charge is 0.396 e. The molecule has 0 radical (unpaired) electrons. The lowest BCUT2D eigenvalue weighted by molar-refractivity contribution is 0.102. The van der Waals surface area contributed by atoms with Gasteiger partial charge in [-0.2, -0.15) is 5.26 Å². The number of hydrogen-bond acceptors (Lipinski definition) is 4. The highest BCUT2D eigenvalue weighted by Gasteiger charge is 2.07. The number of anilines is 1. The summed E-state index contributed by atoms with van der Waals surface area (Å²) in [4.78, 5) is 16.1. The number of carbonyl (C=O) groups is 1. The second-order valence-corrected chi connectivity index (χ2v) is 4.16. The normalized spacial score (nSPS) is 9.80. The molecule has 0 aliphatic heterocycles. The van der Waals surface area contributed by atoms with Crippen LogP contribution >= 0.6 is 0 Å². The maximum atomic E-state index is 12.1. The van der Waals surface area contributed by atoms with E-state index in [9.17, 15) is 4.79 Å². The Labute approximate surface area is 116 Å². The fraction of sp³-hybridized carbons (Fsp3) is 0.133. The number of aromatic nitrogens is 1. The Kier molecular flexibility index (Phi) is 4.43. The predicted octanol–water partition coefficient (Wildman–Crippen LogP) is 1.74. The molecule has 0 spiro atoms. The number of rotatable bonds is 4. The number of aliphatic hydroxyl groups excluding tert-OH is 1. The number of amides is 1. The topological polar surface area (TPSA) is 86.0 Å². The summed E-state index contributed by atoms with van der Waals surface area (Å²) in [6, 6.07) is 12.0. The highest BCUT2D eigenvalue weighted by atomic mass is 16.3. The lowest BCUT2D eigenvalue weighted by Crippen LogP contribution is -2.12. The smallest absolute Gasteiger partial charge is 0.255 e. The van der Waals surface area contributed by atoms with Gasteiger partial charge in [-0.25, -0.2) is 0 Å². The maximum Gasteiger partial charge on any atom is 0.255 e. The van der Waals surface area contributed by atoms with Crippen LogP contribution in [-0.4, -0.2) is 22.6 Å². The predicted molar refractivity (Wildman–Crippen MR) is 74.1 cm³/mol. The third kappa shape index (κ3) is 3.40. The van der Waals surface area contributed by atoms with Crippen molar-refractivity contribution in [2.24, 2.45) is 0 Å². The Bertz CT molecular complexity index is 662. The van der Waals surface area contributed by atoms with Gasteiger partial charge in [0.05, 0.1) is 11.6 Å². The Morgan fingerprint density at radius 2 is 2.20 bits per heavy atom. The molecule has 2 N–H and O–H groups in total. The van der Waals surface area contributed by atoms with Crippen molar-refractivity contribution in [3.8, 4) is 6.07 Å². The zero-order valence-corrected chi connectivity index (χ0v) is 10.7. The van der Waals surface area contributed by atoms with Crippen LogP contribution in [0.25, 0.3) is 0 Å². The molecular weight excluding hydrogens is 254 g/mol. The number of pyridine rings is 1. The number of nitrogens with one attached hydrogen (secondary N) is 1. The van der Waals surface area contributed by atoms with Gasteiger partial charge in [0.2, 0.25) is 0 Å². The molecule has 0 unspecified atom stereocenters. The Hall–Kier alpha value is -2.71. The number of nitriles is 1. The Morgan fingerprint density at radius 1 is 1.35 bits per heavy atom. The summed E-state index contributed by atoms with van der Waals surface area (Å²) in [5, 5.41) is 20.4. The molecule has 0 saturated carbocycles. The van der Waals surface area contributed by atoms with Crippen molar-refractivity contribution in [1.29, 1.82) is 5.26 Å². The number of benzene rings is 1. The molecular formula is C15H13N3O2. The molecule has 2 aromatic rings. The molecule has 1 aromatic carbocycles. The molecule has 0 atom stereocenters. The van der Waals surface area contributed by atoms with Crippen LogP contribution in [0.5, 0.6) is 0 Å². The summed E-state index contributed by atoms with van der Waals surface area (Å²) in [5.41, 5.74) is 2.17. The fourth-order valence-corrected chi connectivity index (χ4v) is 1.74. The molecule has 1 amide bonds. The molecule has 2 rings (SSSR count). The van der Waals surface area contributed by atoms with Gasteiger partial charge in [-0.15, -0.1) is 0 Å². The summed E-state index contributed by atoms with van der Waals surface area (Å²) in [5.74, 6) is -0.276. The highest BCUT2D eigenvalue weighted by molar-refractivity contribution is 6.04. The van der Waals surface area contributed by atoms with Gasteiger partial charge in [0, 0.05) is 36.2 Å². The van der Waals surface area contributed by atoms with E-state index in [1.54, 1.807) is 36.4 Å². The molecule has 0 fully saturated rings. The quantitative estimate of drug-likeness (QED) is 0.883. The van der Waals surface area contributed by atoms with Gasteiger partial charge in [-0.3, -0.25) is 9.78 Å². The number of carbonyl (C=O) groups excluding carboxylic acids is 1. The number of aliphatic hydroxyl groups is 1. The minimum absolute atomic E-state index is 0.0116. The third-order valence-corrected chi connectivity index (χ3v) is 2.70. The molecule has 20 heavy (non-hydrogen) atoms. The molecule has 5 nitrogen and oxygen atoms in total. The van der Waals surface area contributed by atoms with Crippen LogP contribution in [0.15, 0.2) is 42.6 Å². The lowest BCUT2D eigenvalue weighted by atomic mass is 10.1. The molecule has 100 valence electrons. The SMILES string of the molecule is N#Cc1cccc(NC(=O)c2ccnc(CCO)c2)c1.